The van der Waals surface area contributed by atoms with Crippen LogP contribution in [0.2, 0.25) is 0 Å². The van der Waals surface area contributed by atoms with Gasteiger partial charge in [-0.1, -0.05) is 70.2 Å². The molecule has 1 aliphatic rings. The number of hydrogen-bond donors (Lipinski definition) is 2. The highest BCUT2D eigenvalue weighted by molar-refractivity contribution is 7.14. The molecule has 0 unspecified atom stereocenters. The van der Waals surface area contributed by atoms with Crippen LogP contribution < -0.4 is 10.6 Å². The Morgan fingerprint density at radius 1 is 0.880 bits per heavy atom. The van der Waals surface area contributed by atoms with Gasteiger partial charge in [-0.25, -0.2) is 4.79 Å². The Hall–Kier alpha value is -4.28. The summed E-state index contributed by atoms with van der Waals surface area (Å²) in [7, 11) is 1.80. The number of thiophene rings is 1. The normalized spacial score (nSPS) is 12.5. The number of allylic oxidation sites excluding steroid dienone is 2. The zero-order valence-electron chi connectivity index (χ0n) is 31.1. The Balaban J connectivity index is 0.00000143. The molecule has 1 fully saturated rings. The molecule has 10 heteroatoms. The van der Waals surface area contributed by atoms with Crippen LogP contribution in [0.25, 0.3) is 10.4 Å². The lowest BCUT2D eigenvalue weighted by Crippen LogP contribution is -2.40. The first-order valence-electron chi connectivity index (χ1n) is 17.8. The minimum Gasteiger partial charge on any atom is -0.446 e. The Labute approximate surface area is 304 Å². The van der Waals surface area contributed by atoms with Gasteiger partial charge in [-0.15, -0.1) is 11.3 Å². The lowest BCUT2D eigenvalue weighted by Gasteiger charge is -2.31. The third kappa shape index (κ3) is 16.9. The van der Waals surface area contributed by atoms with Crippen LogP contribution in [0.1, 0.15) is 90.4 Å². The van der Waals surface area contributed by atoms with Crippen molar-refractivity contribution in [3.8, 4) is 10.4 Å². The number of aldehydes is 1. The molecule has 3 aromatic rings. The maximum Gasteiger partial charge on any atom is 0.411 e. The molecule has 2 N–H and O–H groups in total. The third-order valence-electron chi connectivity index (χ3n) is 7.63. The van der Waals surface area contributed by atoms with Crippen molar-refractivity contribution in [2.24, 2.45) is 0 Å². The van der Waals surface area contributed by atoms with Crippen LogP contribution in [0.4, 0.5) is 16.2 Å². The monoisotopic (exact) mass is 706 g/mol. The summed E-state index contributed by atoms with van der Waals surface area (Å²) in [4.78, 5) is 53.0. The minimum absolute atomic E-state index is 0.0810. The zero-order valence-corrected chi connectivity index (χ0v) is 31.9. The SMILES string of the molecule is C/C=C\C.CC.CC.CN(CCCCC(=O)Nc1ccc(C=O)cc1)C(=O)CCN1CCC(OC(=O)Nc2ccsc2-c2ccccc2)CC1. The molecule has 0 spiro atoms. The molecule has 9 nitrogen and oxygen atoms in total. The maximum absolute atomic E-state index is 12.6. The van der Waals surface area contributed by atoms with Gasteiger partial charge in [-0.05, 0) is 80.8 Å². The zero-order chi connectivity index (χ0) is 37.1. The van der Waals surface area contributed by atoms with Crippen molar-refractivity contribution in [1.29, 1.82) is 0 Å². The van der Waals surface area contributed by atoms with Gasteiger partial charge in [0.25, 0.3) is 0 Å². The second-order valence-electron chi connectivity index (χ2n) is 11.1. The van der Waals surface area contributed by atoms with Crippen molar-refractivity contribution < 1.29 is 23.9 Å². The Morgan fingerprint density at radius 2 is 1.52 bits per heavy atom. The van der Waals surface area contributed by atoms with Gasteiger partial charge in [0.1, 0.15) is 12.4 Å². The molecule has 50 heavy (non-hydrogen) atoms. The quantitative estimate of drug-likeness (QED) is 0.104. The van der Waals surface area contributed by atoms with Crippen molar-refractivity contribution in [3.63, 3.8) is 0 Å². The van der Waals surface area contributed by atoms with Gasteiger partial charge >= 0.3 is 6.09 Å². The summed E-state index contributed by atoms with van der Waals surface area (Å²) in [6.45, 7) is 14.8. The minimum atomic E-state index is -0.438. The number of unbranched alkanes of at least 4 members (excludes halogenated alkanes) is 1. The lowest BCUT2D eigenvalue weighted by atomic mass is 10.1. The number of anilines is 2. The first kappa shape index (κ1) is 43.7. The third-order valence-corrected chi connectivity index (χ3v) is 8.59. The molecule has 2 heterocycles. The number of amides is 3. The number of carbonyl (C=O) groups excluding carboxylic acids is 4. The van der Waals surface area contributed by atoms with Crippen LogP contribution in [0, 0.1) is 0 Å². The molecule has 4 rings (SSSR count). The van der Waals surface area contributed by atoms with Gasteiger partial charge in [-0.2, -0.15) is 0 Å². The van der Waals surface area contributed by atoms with E-state index in [-0.39, 0.29) is 17.9 Å². The first-order chi connectivity index (χ1) is 24.3. The average Bonchev–Trinajstić information content (AvgIpc) is 3.63. The first-order valence-corrected chi connectivity index (χ1v) is 18.7. The Kier molecular flexibility index (Phi) is 23.2. The van der Waals surface area contributed by atoms with E-state index in [0.717, 1.165) is 54.8 Å². The predicted octanol–water partition coefficient (Wildman–Crippen LogP) is 9.53. The van der Waals surface area contributed by atoms with E-state index in [1.54, 1.807) is 47.5 Å². The summed E-state index contributed by atoms with van der Waals surface area (Å²) in [5.41, 5.74) is 3.03. The molecule has 0 radical (unpaired) electrons. The largest absolute Gasteiger partial charge is 0.446 e. The maximum atomic E-state index is 12.6. The second-order valence-corrected chi connectivity index (χ2v) is 12.0. The van der Waals surface area contributed by atoms with Crippen molar-refractivity contribution in [1.82, 2.24) is 9.80 Å². The molecule has 0 saturated carbocycles. The van der Waals surface area contributed by atoms with Crippen LogP contribution in [0.5, 0.6) is 0 Å². The number of piperidine rings is 1. The number of nitrogens with one attached hydrogen (secondary N) is 2. The molecular formula is C40H58N4O5S. The summed E-state index contributed by atoms with van der Waals surface area (Å²) in [6.07, 6.45) is 7.86. The standard InChI is InChI=1S/C32H38N4O5S.C4H8.2C2H6/c1-35(18-6-5-9-29(38)33-26-12-10-24(23-37)11-13-26)30(39)16-21-36-19-14-27(15-20-36)41-32(40)34-28-17-22-42-31(28)25-7-3-2-4-8-25;1-3-4-2;2*1-2/h2-4,7-8,10-13,17,22-23,27H,5-6,9,14-16,18-21H2,1H3,(H,33,38)(H,34,40);3-4H,1-2H3;2*1-2H3/b;4-3-;;. The van der Waals surface area contributed by atoms with Gasteiger partial charge in [0.15, 0.2) is 0 Å². The number of benzene rings is 2. The van der Waals surface area contributed by atoms with Crippen LogP contribution in [0.15, 0.2) is 78.2 Å². The molecular weight excluding hydrogens is 649 g/mol. The summed E-state index contributed by atoms with van der Waals surface area (Å²) in [5.74, 6) is -0.00597. The van der Waals surface area contributed by atoms with Crippen molar-refractivity contribution in [2.45, 2.75) is 86.2 Å². The van der Waals surface area contributed by atoms with Crippen LogP contribution in [0.3, 0.4) is 0 Å². The Morgan fingerprint density at radius 3 is 2.12 bits per heavy atom. The number of ether oxygens (including phenoxy) is 1. The summed E-state index contributed by atoms with van der Waals surface area (Å²) >= 11 is 1.58. The highest BCUT2D eigenvalue weighted by atomic mass is 32.1. The second kappa shape index (κ2) is 26.6. The molecule has 0 aliphatic carbocycles. The van der Waals surface area contributed by atoms with Crippen molar-refractivity contribution in [3.05, 3.63) is 83.8 Å². The summed E-state index contributed by atoms with van der Waals surface area (Å²) in [6, 6.07) is 18.6. The van der Waals surface area contributed by atoms with Gasteiger partial charge in [0.05, 0.1) is 10.6 Å². The molecule has 0 bridgehead atoms. The number of carbonyl (C=O) groups is 4. The van der Waals surface area contributed by atoms with E-state index in [4.69, 9.17) is 4.74 Å². The van der Waals surface area contributed by atoms with Crippen LogP contribution in [-0.4, -0.2) is 73.3 Å². The van der Waals surface area contributed by atoms with E-state index < -0.39 is 6.09 Å². The molecule has 2 aromatic carbocycles. The fourth-order valence-electron chi connectivity index (χ4n) is 4.83. The topological polar surface area (TPSA) is 108 Å². The molecule has 0 atom stereocenters. The number of likely N-dealkylation sites (tertiary alicyclic amines) is 1. The predicted molar refractivity (Wildman–Crippen MR) is 209 cm³/mol. The number of rotatable bonds is 13. The highest BCUT2D eigenvalue weighted by Gasteiger charge is 2.23. The number of hydrogen-bond acceptors (Lipinski definition) is 7. The molecule has 3 amide bonds. The van der Waals surface area contributed by atoms with Crippen LogP contribution in [-0.2, 0) is 14.3 Å². The molecule has 274 valence electrons. The number of nitrogens with zero attached hydrogens (tertiary/aromatic N) is 2. The van der Waals surface area contributed by atoms with Crippen molar-refractivity contribution in [2.75, 3.05) is 43.9 Å². The Bertz CT molecular complexity index is 1400. The summed E-state index contributed by atoms with van der Waals surface area (Å²) < 4.78 is 5.69. The fourth-order valence-corrected chi connectivity index (χ4v) is 5.69. The van der Waals surface area contributed by atoms with E-state index in [1.807, 2.05) is 95.5 Å². The smallest absolute Gasteiger partial charge is 0.411 e. The highest BCUT2D eigenvalue weighted by Crippen LogP contribution is 2.33. The van der Waals surface area contributed by atoms with Gasteiger partial charge in [-0.3, -0.25) is 19.7 Å². The lowest BCUT2D eigenvalue weighted by molar-refractivity contribution is -0.130. The molecule has 1 aliphatic heterocycles. The van der Waals surface area contributed by atoms with Gasteiger partial charge in [0, 0.05) is 57.3 Å². The molecule has 1 aromatic heterocycles. The van der Waals surface area contributed by atoms with E-state index in [1.165, 1.54) is 0 Å². The van der Waals surface area contributed by atoms with Crippen molar-refractivity contribution >= 4 is 46.9 Å². The van der Waals surface area contributed by atoms with E-state index in [0.29, 0.717) is 43.6 Å². The van der Waals surface area contributed by atoms with Gasteiger partial charge in [0.2, 0.25) is 11.8 Å². The van der Waals surface area contributed by atoms with E-state index >= 15 is 0 Å². The fraction of sp³-hybridized carbons (Fsp3) is 0.450. The average molecular weight is 707 g/mol. The summed E-state index contributed by atoms with van der Waals surface area (Å²) in [5, 5.41) is 7.67. The van der Waals surface area contributed by atoms with E-state index in [9.17, 15) is 19.2 Å². The van der Waals surface area contributed by atoms with E-state index in [2.05, 4.69) is 15.5 Å². The van der Waals surface area contributed by atoms with Gasteiger partial charge < -0.3 is 19.9 Å². The molecule has 1 saturated heterocycles. The van der Waals surface area contributed by atoms with Crippen LogP contribution >= 0.6 is 11.3 Å².